The van der Waals surface area contributed by atoms with Gasteiger partial charge in [0.2, 0.25) is 0 Å². The monoisotopic (exact) mass is 286 g/mol. The van der Waals surface area contributed by atoms with Gasteiger partial charge in [0.05, 0.1) is 11.6 Å². The normalized spacial score (nSPS) is 9.85. The summed E-state index contributed by atoms with van der Waals surface area (Å²) in [5, 5.41) is 12.7. The zero-order valence-electron chi connectivity index (χ0n) is 11.2. The fourth-order valence-corrected chi connectivity index (χ4v) is 1.95. The lowest BCUT2D eigenvalue weighted by molar-refractivity contribution is 0.333. The highest BCUT2D eigenvalue weighted by Gasteiger charge is 2.01. The quantitative estimate of drug-likeness (QED) is 0.845. The SMILES string of the molecule is Cc1c(Cl)cccc1NCCOc1ccc(C#N)cc1. The zero-order valence-corrected chi connectivity index (χ0v) is 11.9. The van der Waals surface area contributed by atoms with E-state index < -0.39 is 0 Å². The maximum absolute atomic E-state index is 8.71. The van der Waals surface area contributed by atoms with Crippen LogP contribution in [0.3, 0.4) is 0 Å². The number of anilines is 1. The van der Waals surface area contributed by atoms with E-state index in [0.29, 0.717) is 18.7 Å². The number of nitriles is 1. The Morgan fingerprint density at radius 3 is 2.65 bits per heavy atom. The topological polar surface area (TPSA) is 45.0 Å². The molecule has 0 aliphatic carbocycles. The Balaban J connectivity index is 1.81. The molecule has 0 saturated carbocycles. The van der Waals surface area contributed by atoms with Crippen molar-refractivity contribution >= 4 is 17.3 Å². The molecule has 20 heavy (non-hydrogen) atoms. The molecular weight excluding hydrogens is 272 g/mol. The second-order valence-electron chi connectivity index (χ2n) is 4.32. The molecule has 1 N–H and O–H groups in total. The molecule has 2 aromatic rings. The van der Waals surface area contributed by atoms with Crippen LogP contribution in [-0.4, -0.2) is 13.2 Å². The molecule has 2 rings (SSSR count). The van der Waals surface area contributed by atoms with Crippen LogP contribution in [-0.2, 0) is 0 Å². The van der Waals surface area contributed by atoms with Crippen molar-refractivity contribution in [3.8, 4) is 11.8 Å². The molecule has 0 bridgehead atoms. The van der Waals surface area contributed by atoms with E-state index in [9.17, 15) is 0 Å². The highest BCUT2D eigenvalue weighted by atomic mass is 35.5. The van der Waals surface area contributed by atoms with Crippen LogP contribution in [0.5, 0.6) is 5.75 Å². The van der Waals surface area contributed by atoms with Crippen LogP contribution in [0.4, 0.5) is 5.69 Å². The molecule has 4 heteroatoms. The van der Waals surface area contributed by atoms with Crippen LogP contribution in [0.1, 0.15) is 11.1 Å². The van der Waals surface area contributed by atoms with E-state index >= 15 is 0 Å². The van der Waals surface area contributed by atoms with Crippen molar-refractivity contribution in [3.63, 3.8) is 0 Å². The maximum atomic E-state index is 8.71. The third-order valence-electron chi connectivity index (χ3n) is 2.94. The average molecular weight is 287 g/mol. The van der Waals surface area contributed by atoms with Crippen molar-refractivity contribution in [2.45, 2.75) is 6.92 Å². The number of benzene rings is 2. The minimum absolute atomic E-state index is 0.540. The zero-order chi connectivity index (χ0) is 14.4. The largest absolute Gasteiger partial charge is 0.492 e. The number of nitrogens with zero attached hydrogens (tertiary/aromatic N) is 1. The molecule has 0 atom stereocenters. The lowest BCUT2D eigenvalue weighted by atomic mass is 10.2. The first kappa shape index (κ1) is 14.2. The first-order valence-corrected chi connectivity index (χ1v) is 6.70. The molecule has 0 aliphatic heterocycles. The Morgan fingerprint density at radius 1 is 1.20 bits per heavy atom. The van der Waals surface area contributed by atoms with E-state index in [1.807, 2.05) is 25.1 Å². The molecule has 0 amide bonds. The standard InChI is InChI=1S/C16H15ClN2O/c1-12-15(17)3-2-4-16(12)19-9-10-20-14-7-5-13(11-18)6-8-14/h2-8,19H,9-10H2,1H3. The summed E-state index contributed by atoms with van der Waals surface area (Å²) in [5.41, 5.74) is 2.68. The Bertz CT molecular complexity index is 617. The molecule has 102 valence electrons. The van der Waals surface area contributed by atoms with Gasteiger partial charge < -0.3 is 10.1 Å². The first-order valence-electron chi connectivity index (χ1n) is 6.32. The van der Waals surface area contributed by atoms with E-state index in [2.05, 4.69) is 11.4 Å². The van der Waals surface area contributed by atoms with Gasteiger partial charge in [-0.05, 0) is 48.9 Å². The fourth-order valence-electron chi connectivity index (χ4n) is 1.78. The second-order valence-corrected chi connectivity index (χ2v) is 4.73. The summed E-state index contributed by atoms with van der Waals surface area (Å²) in [6, 6.07) is 14.9. The lowest BCUT2D eigenvalue weighted by Gasteiger charge is -2.11. The van der Waals surface area contributed by atoms with Gasteiger partial charge in [-0.3, -0.25) is 0 Å². The van der Waals surface area contributed by atoms with Gasteiger partial charge in [-0.25, -0.2) is 0 Å². The Labute approximate surface area is 123 Å². The number of rotatable bonds is 5. The van der Waals surface area contributed by atoms with Crippen LogP contribution >= 0.6 is 11.6 Å². The van der Waals surface area contributed by atoms with Gasteiger partial charge >= 0.3 is 0 Å². The van der Waals surface area contributed by atoms with Gasteiger partial charge in [0, 0.05) is 17.3 Å². The molecular formula is C16H15ClN2O. The van der Waals surface area contributed by atoms with Crippen molar-refractivity contribution in [2.75, 3.05) is 18.5 Å². The minimum atomic E-state index is 0.540. The van der Waals surface area contributed by atoms with Crippen molar-refractivity contribution in [3.05, 3.63) is 58.6 Å². The third-order valence-corrected chi connectivity index (χ3v) is 3.35. The van der Waals surface area contributed by atoms with E-state index in [1.165, 1.54) is 0 Å². The summed E-state index contributed by atoms with van der Waals surface area (Å²) in [4.78, 5) is 0. The third kappa shape index (κ3) is 3.66. The van der Waals surface area contributed by atoms with Crippen molar-refractivity contribution in [2.24, 2.45) is 0 Å². The van der Waals surface area contributed by atoms with Crippen LogP contribution in [0.15, 0.2) is 42.5 Å². The predicted octanol–water partition coefficient (Wildman–Crippen LogP) is 4.01. The van der Waals surface area contributed by atoms with Crippen LogP contribution in [0, 0.1) is 18.3 Å². The minimum Gasteiger partial charge on any atom is -0.492 e. The Morgan fingerprint density at radius 2 is 1.95 bits per heavy atom. The van der Waals surface area contributed by atoms with Gasteiger partial charge in [0.25, 0.3) is 0 Å². The molecule has 2 aromatic carbocycles. The molecule has 0 heterocycles. The predicted molar refractivity (Wildman–Crippen MR) is 81.3 cm³/mol. The number of halogens is 1. The van der Waals surface area contributed by atoms with Crippen LogP contribution in [0.25, 0.3) is 0 Å². The summed E-state index contributed by atoms with van der Waals surface area (Å²) < 4.78 is 5.59. The van der Waals surface area contributed by atoms with E-state index in [4.69, 9.17) is 21.6 Å². The molecule has 0 radical (unpaired) electrons. The summed E-state index contributed by atoms with van der Waals surface area (Å²) in [6.07, 6.45) is 0. The maximum Gasteiger partial charge on any atom is 0.119 e. The van der Waals surface area contributed by atoms with Crippen molar-refractivity contribution in [1.29, 1.82) is 5.26 Å². The summed E-state index contributed by atoms with van der Waals surface area (Å²) in [6.45, 7) is 3.20. The van der Waals surface area contributed by atoms with Gasteiger partial charge in [0.1, 0.15) is 12.4 Å². The van der Waals surface area contributed by atoms with Crippen LogP contribution < -0.4 is 10.1 Å². The van der Waals surface area contributed by atoms with Gasteiger partial charge in [-0.2, -0.15) is 5.26 Å². The molecule has 0 aliphatic rings. The first-order chi connectivity index (χ1) is 9.70. The fraction of sp³-hybridized carbons (Fsp3) is 0.188. The van der Waals surface area contributed by atoms with Gasteiger partial charge in [-0.1, -0.05) is 17.7 Å². The van der Waals surface area contributed by atoms with E-state index in [1.54, 1.807) is 24.3 Å². The molecule has 0 fully saturated rings. The highest BCUT2D eigenvalue weighted by Crippen LogP contribution is 2.22. The van der Waals surface area contributed by atoms with Crippen LogP contribution in [0.2, 0.25) is 5.02 Å². The second kappa shape index (κ2) is 6.83. The molecule has 0 spiro atoms. The van der Waals surface area contributed by atoms with Crippen molar-refractivity contribution < 1.29 is 4.74 Å². The number of ether oxygens (including phenoxy) is 1. The summed E-state index contributed by atoms with van der Waals surface area (Å²) in [5.74, 6) is 0.758. The Hall–Kier alpha value is -2.18. The van der Waals surface area contributed by atoms with Gasteiger partial charge in [0.15, 0.2) is 0 Å². The number of hydrogen-bond acceptors (Lipinski definition) is 3. The Kier molecular flexibility index (Phi) is 4.86. The highest BCUT2D eigenvalue weighted by molar-refractivity contribution is 6.31. The summed E-state index contributed by atoms with van der Waals surface area (Å²) >= 11 is 6.05. The summed E-state index contributed by atoms with van der Waals surface area (Å²) in [7, 11) is 0. The van der Waals surface area contributed by atoms with Crippen molar-refractivity contribution in [1.82, 2.24) is 0 Å². The number of nitrogens with one attached hydrogen (secondary N) is 1. The molecule has 0 aromatic heterocycles. The average Bonchev–Trinajstić information content (AvgIpc) is 2.48. The van der Waals surface area contributed by atoms with E-state index in [0.717, 1.165) is 22.0 Å². The number of hydrogen-bond donors (Lipinski definition) is 1. The lowest BCUT2D eigenvalue weighted by Crippen LogP contribution is -2.12. The van der Waals surface area contributed by atoms with Gasteiger partial charge in [-0.15, -0.1) is 0 Å². The molecule has 3 nitrogen and oxygen atoms in total. The molecule has 0 saturated heterocycles. The molecule has 0 unspecified atom stereocenters. The van der Waals surface area contributed by atoms with E-state index in [-0.39, 0.29) is 0 Å². The smallest absolute Gasteiger partial charge is 0.119 e.